The summed E-state index contributed by atoms with van der Waals surface area (Å²) in [5, 5.41) is 33.9. The largest absolute Gasteiger partial charge is 0.444 e. The lowest BCUT2D eigenvalue weighted by atomic mass is 9.93. The first-order chi connectivity index (χ1) is 24.0. The minimum Gasteiger partial charge on any atom is -0.444 e. The van der Waals surface area contributed by atoms with E-state index >= 15 is 0 Å². The fourth-order valence-electron chi connectivity index (χ4n) is 5.26. The zero-order chi connectivity index (χ0) is 36.0. The number of nitrogens with zero attached hydrogens (tertiary/aromatic N) is 3. The molecule has 14 heteroatoms. The molecule has 4 atom stereocenters. The van der Waals surface area contributed by atoms with Crippen LogP contribution in [0.3, 0.4) is 0 Å². The average Bonchev–Trinajstić information content (AvgIpc) is 3.79. The van der Waals surface area contributed by atoms with Gasteiger partial charge in [-0.3, -0.25) is 15.0 Å². The lowest BCUT2D eigenvalue weighted by molar-refractivity contribution is -0.125. The Hall–Kier alpha value is -4.37. The van der Waals surface area contributed by atoms with E-state index in [-0.39, 0.29) is 31.4 Å². The highest BCUT2D eigenvalue weighted by Crippen LogP contribution is 2.20. The van der Waals surface area contributed by atoms with E-state index in [2.05, 4.69) is 25.9 Å². The molecule has 0 bridgehead atoms. The Balaban J connectivity index is 1.46. The molecule has 50 heavy (non-hydrogen) atoms. The molecule has 2 aromatic carbocycles. The average molecular weight is 723 g/mol. The topological polar surface area (TPSA) is 166 Å². The van der Waals surface area contributed by atoms with Crippen molar-refractivity contribution in [2.45, 2.75) is 90.3 Å². The van der Waals surface area contributed by atoms with Gasteiger partial charge in [0.1, 0.15) is 12.6 Å². The molecule has 0 aliphatic rings. The Morgan fingerprint density at radius 1 is 0.900 bits per heavy atom. The number of aliphatic hydroxyl groups is 1. The number of thiazole rings is 2. The van der Waals surface area contributed by atoms with Crippen molar-refractivity contribution in [3.63, 3.8) is 0 Å². The third kappa shape index (κ3) is 12.2. The second-order valence-corrected chi connectivity index (χ2v) is 14.6. The molecule has 4 amide bonds. The highest BCUT2D eigenvalue weighted by atomic mass is 32.1. The molecule has 0 aliphatic carbocycles. The monoisotopic (exact) mass is 722 g/mol. The first-order valence-corrected chi connectivity index (χ1v) is 18.3. The molecule has 0 radical (unpaired) electrons. The number of ether oxygens (including phenoxy) is 1. The molecule has 268 valence electrons. The van der Waals surface area contributed by atoms with Crippen LogP contribution in [-0.4, -0.2) is 67.6 Å². The fraction of sp³-hybridized carbons (Fsp3) is 0.417. The molecule has 0 saturated carbocycles. The van der Waals surface area contributed by atoms with Crippen molar-refractivity contribution in [1.82, 2.24) is 31.0 Å². The van der Waals surface area contributed by atoms with Crippen molar-refractivity contribution in [3.8, 4) is 0 Å². The number of hydroxylamine groups is 2. The van der Waals surface area contributed by atoms with E-state index in [1.165, 1.54) is 22.7 Å². The summed E-state index contributed by atoms with van der Waals surface area (Å²) in [6.45, 7) is 7.53. The van der Waals surface area contributed by atoms with Crippen LogP contribution in [0.2, 0.25) is 0 Å². The van der Waals surface area contributed by atoms with Gasteiger partial charge in [-0.25, -0.2) is 19.6 Å². The Bertz CT molecular complexity index is 1620. The molecular formula is C36H46N6O6S2. The summed E-state index contributed by atoms with van der Waals surface area (Å²) in [5.74, 6) is -0.581. The van der Waals surface area contributed by atoms with Crippen LogP contribution in [0.15, 0.2) is 77.8 Å². The van der Waals surface area contributed by atoms with Gasteiger partial charge >= 0.3 is 12.1 Å². The summed E-state index contributed by atoms with van der Waals surface area (Å²) < 4.78 is 5.40. The van der Waals surface area contributed by atoms with Gasteiger partial charge in [0.15, 0.2) is 0 Å². The second kappa shape index (κ2) is 19.1. The number of hydrogen-bond donors (Lipinski definition) is 5. The quantitative estimate of drug-likeness (QED) is 0.0688. The van der Waals surface area contributed by atoms with E-state index in [0.29, 0.717) is 23.6 Å². The van der Waals surface area contributed by atoms with Crippen molar-refractivity contribution >= 4 is 40.7 Å². The molecule has 0 saturated heterocycles. The predicted octanol–water partition coefficient (Wildman–Crippen LogP) is 5.66. The molecule has 0 aliphatic heterocycles. The van der Waals surface area contributed by atoms with Gasteiger partial charge < -0.3 is 25.8 Å². The molecule has 2 aromatic heterocycles. The number of aliphatic hydroxyl groups excluding tert-OH is 1. The summed E-state index contributed by atoms with van der Waals surface area (Å²) in [4.78, 5) is 48.9. The highest BCUT2D eigenvalue weighted by molar-refractivity contribution is 7.09. The van der Waals surface area contributed by atoms with Gasteiger partial charge in [0, 0.05) is 23.5 Å². The second-order valence-electron chi connectivity index (χ2n) is 12.7. The van der Waals surface area contributed by atoms with E-state index in [9.17, 15) is 24.7 Å². The molecule has 0 fully saturated rings. The highest BCUT2D eigenvalue weighted by Gasteiger charge is 2.31. The maximum absolute atomic E-state index is 13.8. The Kier molecular flexibility index (Phi) is 14.7. The number of rotatable bonds is 17. The zero-order valence-corrected chi connectivity index (χ0v) is 30.3. The van der Waals surface area contributed by atoms with E-state index in [1.54, 1.807) is 30.9 Å². The number of amides is 4. The maximum atomic E-state index is 13.8. The first kappa shape index (κ1) is 38.4. The maximum Gasteiger partial charge on any atom is 0.407 e. The van der Waals surface area contributed by atoms with Crippen LogP contribution in [0.4, 0.5) is 9.59 Å². The summed E-state index contributed by atoms with van der Waals surface area (Å²) in [7, 11) is 0. The molecule has 5 N–H and O–H groups in total. The number of carbonyl (C=O) groups excluding carboxylic acids is 3. The molecule has 2 heterocycles. The standard InChI is InChI=1S/C36H46N6O6S2/c1-23(2)32(41-35(45)42(47)19-28-21-49-34(39-28)24(3)4)33(44)38-27(15-25-11-7-5-8-12-25)17-31(43)30(16-26-13-9-6-10-14-26)40-36(46)48-20-29-18-37-22-50-29/h5-14,18,21-24,27,30-32,43,47H,15-17,19-20H2,1-4H3,(H,38,44)(H,40,46)(H,41,45)/t27-,30-,31-,32-/m0/s1. The summed E-state index contributed by atoms with van der Waals surface area (Å²) in [6.07, 6.45) is 0.632. The van der Waals surface area contributed by atoms with Crippen molar-refractivity contribution in [1.29, 1.82) is 0 Å². The van der Waals surface area contributed by atoms with E-state index < -0.39 is 42.3 Å². The van der Waals surface area contributed by atoms with E-state index in [4.69, 9.17) is 4.74 Å². The zero-order valence-electron chi connectivity index (χ0n) is 28.7. The molecule has 0 unspecified atom stereocenters. The van der Waals surface area contributed by atoms with E-state index in [0.717, 1.165) is 21.0 Å². The van der Waals surface area contributed by atoms with Crippen LogP contribution < -0.4 is 16.0 Å². The van der Waals surface area contributed by atoms with Crippen LogP contribution in [-0.2, 0) is 35.5 Å². The molecular weight excluding hydrogens is 677 g/mol. The van der Waals surface area contributed by atoms with Crippen molar-refractivity contribution in [3.05, 3.63) is 104 Å². The summed E-state index contributed by atoms with van der Waals surface area (Å²) >= 11 is 2.83. The minimum atomic E-state index is -1.09. The molecule has 0 spiro atoms. The van der Waals surface area contributed by atoms with Crippen molar-refractivity contribution in [2.24, 2.45) is 5.92 Å². The van der Waals surface area contributed by atoms with Crippen molar-refractivity contribution < 1.29 is 29.4 Å². The van der Waals surface area contributed by atoms with Crippen LogP contribution in [0, 0.1) is 5.92 Å². The number of alkyl carbamates (subject to hydrolysis) is 1. The fourth-order valence-corrected chi connectivity index (χ4v) is 6.59. The van der Waals surface area contributed by atoms with Gasteiger partial charge in [-0.2, -0.15) is 0 Å². The van der Waals surface area contributed by atoms with Gasteiger partial charge in [-0.1, -0.05) is 88.4 Å². The normalized spacial score (nSPS) is 13.7. The molecule has 4 rings (SSSR count). The minimum absolute atomic E-state index is 0.0493. The number of benzene rings is 2. The van der Waals surface area contributed by atoms with Crippen LogP contribution in [0.25, 0.3) is 0 Å². The third-order valence-electron chi connectivity index (χ3n) is 7.93. The van der Waals surface area contributed by atoms with Gasteiger partial charge in [0.25, 0.3) is 0 Å². The molecule has 12 nitrogen and oxygen atoms in total. The summed E-state index contributed by atoms with van der Waals surface area (Å²) in [6, 6.07) is 15.8. The summed E-state index contributed by atoms with van der Waals surface area (Å²) in [5.41, 5.74) is 4.03. The Morgan fingerprint density at radius 2 is 1.56 bits per heavy atom. The van der Waals surface area contributed by atoms with Crippen molar-refractivity contribution in [2.75, 3.05) is 0 Å². The predicted molar refractivity (Wildman–Crippen MR) is 193 cm³/mol. The number of hydrogen-bond acceptors (Lipinski definition) is 10. The Labute approximate surface area is 300 Å². The number of aromatic nitrogens is 2. The van der Waals surface area contributed by atoms with Gasteiger partial charge in [0.05, 0.1) is 39.8 Å². The van der Waals surface area contributed by atoms with E-state index in [1.807, 2.05) is 74.5 Å². The SMILES string of the molecule is CC(C)c1nc(CN(O)C(=O)N[C@H](C(=O)N[C@@H](Cc2ccccc2)C[C@H](O)[C@H](Cc2ccccc2)NC(=O)OCc2cncs2)C(C)C)cs1. The molecule has 4 aromatic rings. The van der Waals surface area contributed by atoms with Gasteiger partial charge in [-0.05, 0) is 36.3 Å². The van der Waals surface area contributed by atoms with Gasteiger partial charge in [0.2, 0.25) is 5.91 Å². The lowest BCUT2D eigenvalue weighted by Gasteiger charge is -2.30. The van der Waals surface area contributed by atoms with Crippen LogP contribution >= 0.6 is 22.7 Å². The van der Waals surface area contributed by atoms with Crippen LogP contribution in [0.5, 0.6) is 0 Å². The number of carbonyl (C=O) groups is 3. The third-order valence-corrected chi connectivity index (χ3v) is 9.88. The lowest BCUT2D eigenvalue weighted by Crippen LogP contribution is -2.56. The van der Waals surface area contributed by atoms with Gasteiger partial charge in [-0.15, -0.1) is 22.7 Å². The van der Waals surface area contributed by atoms with Crippen LogP contribution in [0.1, 0.15) is 66.7 Å². The first-order valence-electron chi connectivity index (χ1n) is 16.6. The number of nitrogens with one attached hydrogen (secondary N) is 3. The smallest absolute Gasteiger partial charge is 0.407 e. The Morgan fingerprint density at radius 3 is 2.14 bits per heavy atom. The number of urea groups is 1.